The lowest BCUT2D eigenvalue weighted by molar-refractivity contribution is 0.642. The summed E-state index contributed by atoms with van der Waals surface area (Å²) in [6, 6.07) is 31.8. The van der Waals surface area contributed by atoms with Gasteiger partial charge < -0.3 is 9.13 Å². The van der Waals surface area contributed by atoms with Gasteiger partial charge in [-0.1, -0.05) is 48.5 Å². The van der Waals surface area contributed by atoms with Gasteiger partial charge in [0.2, 0.25) is 0 Å². The Labute approximate surface area is 182 Å². The fourth-order valence-electron chi connectivity index (χ4n) is 5.31. The van der Waals surface area contributed by atoms with Crippen molar-refractivity contribution in [1.29, 1.82) is 0 Å². The third-order valence-electron chi connectivity index (χ3n) is 6.65. The van der Waals surface area contributed by atoms with E-state index in [2.05, 4.69) is 115 Å². The molecule has 0 saturated carbocycles. The molecular weight excluding hydrogens is 376 g/mol. The highest BCUT2D eigenvalue weighted by Gasteiger charge is 2.14. The Morgan fingerprint density at radius 1 is 0.581 bits per heavy atom. The first-order valence-corrected chi connectivity index (χ1v) is 11.2. The van der Waals surface area contributed by atoms with Gasteiger partial charge in [-0.2, -0.15) is 0 Å². The molecule has 0 aliphatic carbocycles. The van der Waals surface area contributed by atoms with E-state index >= 15 is 0 Å². The third kappa shape index (κ3) is 2.58. The lowest BCUT2D eigenvalue weighted by Gasteiger charge is -2.11. The molecule has 0 fully saturated rings. The summed E-state index contributed by atoms with van der Waals surface area (Å²) in [5.74, 6) is 0. The molecule has 6 rings (SSSR count). The van der Waals surface area contributed by atoms with E-state index < -0.39 is 0 Å². The molecule has 31 heavy (non-hydrogen) atoms. The van der Waals surface area contributed by atoms with Crippen LogP contribution in [0.5, 0.6) is 0 Å². The number of rotatable bonds is 3. The van der Waals surface area contributed by atoms with E-state index in [4.69, 9.17) is 0 Å². The molecule has 0 N–H and O–H groups in total. The predicted molar refractivity (Wildman–Crippen MR) is 134 cm³/mol. The van der Waals surface area contributed by atoms with Crippen LogP contribution in [-0.2, 0) is 6.54 Å². The highest BCUT2D eigenvalue weighted by molar-refractivity contribution is 6.11. The molecule has 2 nitrogen and oxygen atoms in total. The topological polar surface area (TPSA) is 9.86 Å². The number of para-hydroxylation sites is 2. The number of hydrogen-bond donors (Lipinski definition) is 0. The Bertz CT molecular complexity index is 1590. The van der Waals surface area contributed by atoms with Crippen molar-refractivity contribution in [2.75, 3.05) is 0 Å². The maximum absolute atomic E-state index is 2.45. The Kier molecular flexibility index (Phi) is 3.97. The number of hydrogen-bond acceptors (Lipinski definition) is 0. The summed E-state index contributed by atoms with van der Waals surface area (Å²) in [6.07, 6.45) is 0. The highest BCUT2D eigenvalue weighted by atomic mass is 15.0. The number of benzene rings is 4. The van der Waals surface area contributed by atoms with Crippen LogP contribution < -0.4 is 0 Å². The number of aromatic nitrogens is 2. The van der Waals surface area contributed by atoms with Gasteiger partial charge in [0.1, 0.15) is 0 Å². The normalized spacial score (nSPS) is 12.1. The van der Waals surface area contributed by atoms with Gasteiger partial charge in [0, 0.05) is 56.2 Å². The largest absolute Gasteiger partial charge is 0.341 e. The van der Waals surface area contributed by atoms with E-state index in [9.17, 15) is 0 Å². The molecule has 0 atom stereocenters. The van der Waals surface area contributed by atoms with Crippen LogP contribution in [0.2, 0.25) is 0 Å². The zero-order valence-electron chi connectivity index (χ0n) is 18.3. The average molecular weight is 403 g/mol. The van der Waals surface area contributed by atoms with Gasteiger partial charge in [-0.3, -0.25) is 0 Å². The minimum absolute atomic E-state index is 0.421. The van der Waals surface area contributed by atoms with Gasteiger partial charge in [-0.05, 0) is 68.3 Å². The second-order valence-corrected chi connectivity index (χ2v) is 8.71. The molecule has 2 heterocycles. The first-order valence-electron chi connectivity index (χ1n) is 11.2. The molecule has 4 aromatic carbocycles. The van der Waals surface area contributed by atoms with Crippen molar-refractivity contribution < 1.29 is 0 Å². The van der Waals surface area contributed by atoms with Gasteiger partial charge in [0.15, 0.2) is 0 Å². The molecule has 0 saturated heterocycles. The molecule has 0 aliphatic heterocycles. The van der Waals surface area contributed by atoms with Crippen molar-refractivity contribution in [3.63, 3.8) is 0 Å². The second kappa shape index (κ2) is 6.75. The highest BCUT2D eigenvalue weighted by Crippen LogP contribution is 2.37. The van der Waals surface area contributed by atoms with E-state index in [0.29, 0.717) is 6.04 Å². The molecule has 0 unspecified atom stereocenters. The van der Waals surface area contributed by atoms with Crippen LogP contribution >= 0.6 is 0 Å². The van der Waals surface area contributed by atoms with Crippen LogP contribution in [0.3, 0.4) is 0 Å². The van der Waals surface area contributed by atoms with Gasteiger partial charge in [0.25, 0.3) is 0 Å². The molecular formula is C29H26N2. The summed E-state index contributed by atoms with van der Waals surface area (Å²) in [5, 5.41) is 5.33. The SMILES string of the molecule is CCn1c2ccccc2c2cc(-c3ccc4c(c3)c3ccccc3n4C(C)C)ccc21. The quantitative estimate of drug-likeness (QED) is 0.282. The van der Waals surface area contributed by atoms with Gasteiger partial charge in [-0.25, -0.2) is 0 Å². The van der Waals surface area contributed by atoms with E-state index in [0.717, 1.165) is 6.54 Å². The minimum Gasteiger partial charge on any atom is -0.341 e. The molecule has 0 spiro atoms. The monoisotopic (exact) mass is 402 g/mol. The first-order chi connectivity index (χ1) is 15.2. The summed E-state index contributed by atoms with van der Waals surface area (Å²) >= 11 is 0. The number of fused-ring (bicyclic) bond motifs is 6. The molecule has 0 aliphatic rings. The fourth-order valence-corrected chi connectivity index (χ4v) is 5.31. The van der Waals surface area contributed by atoms with Crippen LogP contribution in [-0.4, -0.2) is 9.13 Å². The third-order valence-corrected chi connectivity index (χ3v) is 6.65. The van der Waals surface area contributed by atoms with Crippen molar-refractivity contribution in [2.45, 2.75) is 33.4 Å². The zero-order chi connectivity index (χ0) is 21.1. The summed E-state index contributed by atoms with van der Waals surface area (Å²) < 4.78 is 4.86. The van der Waals surface area contributed by atoms with Crippen LogP contribution in [0.25, 0.3) is 54.7 Å². The molecule has 0 radical (unpaired) electrons. The summed E-state index contributed by atoms with van der Waals surface area (Å²) in [5.41, 5.74) is 7.79. The smallest absolute Gasteiger partial charge is 0.0494 e. The van der Waals surface area contributed by atoms with Crippen molar-refractivity contribution in [1.82, 2.24) is 9.13 Å². The van der Waals surface area contributed by atoms with Crippen molar-refractivity contribution in [3.8, 4) is 11.1 Å². The van der Waals surface area contributed by atoms with Crippen molar-refractivity contribution in [2.24, 2.45) is 0 Å². The molecule has 0 bridgehead atoms. The summed E-state index contributed by atoms with van der Waals surface area (Å²) in [6.45, 7) is 7.72. The lowest BCUT2D eigenvalue weighted by atomic mass is 10.0. The predicted octanol–water partition coefficient (Wildman–Crippen LogP) is 8.17. The molecule has 6 aromatic rings. The van der Waals surface area contributed by atoms with Crippen LogP contribution in [0.1, 0.15) is 26.8 Å². The van der Waals surface area contributed by atoms with Gasteiger partial charge >= 0.3 is 0 Å². The Morgan fingerprint density at radius 3 is 1.71 bits per heavy atom. The first kappa shape index (κ1) is 18.3. The molecule has 2 heteroatoms. The van der Waals surface area contributed by atoms with Crippen LogP contribution in [0.15, 0.2) is 84.9 Å². The van der Waals surface area contributed by atoms with Crippen LogP contribution in [0, 0.1) is 0 Å². The number of aryl methyl sites for hydroxylation is 1. The second-order valence-electron chi connectivity index (χ2n) is 8.71. The van der Waals surface area contributed by atoms with E-state index in [1.807, 2.05) is 0 Å². The average Bonchev–Trinajstić information content (AvgIpc) is 3.31. The fraction of sp³-hybridized carbons (Fsp3) is 0.172. The summed E-state index contributed by atoms with van der Waals surface area (Å²) in [4.78, 5) is 0. The van der Waals surface area contributed by atoms with Gasteiger partial charge in [-0.15, -0.1) is 0 Å². The maximum Gasteiger partial charge on any atom is 0.0494 e. The van der Waals surface area contributed by atoms with Gasteiger partial charge in [0.05, 0.1) is 0 Å². The molecule has 152 valence electrons. The Balaban J connectivity index is 1.62. The number of nitrogens with zero attached hydrogens (tertiary/aromatic N) is 2. The molecule has 0 amide bonds. The Hall–Kier alpha value is -3.52. The van der Waals surface area contributed by atoms with Crippen LogP contribution in [0.4, 0.5) is 0 Å². The van der Waals surface area contributed by atoms with Crippen molar-refractivity contribution in [3.05, 3.63) is 84.9 Å². The Morgan fingerprint density at radius 2 is 1.06 bits per heavy atom. The van der Waals surface area contributed by atoms with E-state index in [1.54, 1.807) is 0 Å². The van der Waals surface area contributed by atoms with Crippen molar-refractivity contribution >= 4 is 43.6 Å². The van der Waals surface area contributed by atoms with E-state index in [-0.39, 0.29) is 0 Å². The van der Waals surface area contributed by atoms with E-state index in [1.165, 1.54) is 54.7 Å². The molecule has 2 aromatic heterocycles. The standard InChI is InChI=1S/C29H26N2/c1-4-30-26-11-7-5-9-22(26)24-17-20(13-15-27(24)30)21-14-16-29-25(18-21)23-10-6-8-12-28(23)31(29)19(2)3/h5-19H,4H2,1-3H3. The zero-order valence-corrected chi connectivity index (χ0v) is 18.3. The minimum atomic E-state index is 0.421. The maximum atomic E-state index is 2.45. The summed E-state index contributed by atoms with van der Waals surface area (Å²) in [7, 11) is 0. The lowest BCUT2D eigenvalue weighted by Crippen LogP contribution is -1.99.